The molecule has 2 saturated carbocycles. The molecule has 1 unspecified atom stereocenters. The van der Waals surface area contributed by atoms with Gasteiger partial charge in [0.1, 0.15) is 52.0 Å². The molecular formula is C40H37F7N8O2S. The third-order valence-corrected chi connectivity index (χ3v) is 13.2. The molecule has 3 aromatic heterocycles. The first-order valence-electron chi connectivity index (χ1n) is 19.0. The summed E-state index contributed by atoms with van der Waals surface area (Å²) in [6.45, 7) is 1.55. The lowest BCUT2D eigenvalue weighted by atomic mass is 9.91. The average Bonchev–Trinajstić information content (AvgIpc) is 3.93. The van der Waals surface area contributed by atoms with E-state index in [-0.39, 0.29) is 68.8 Å². The summed E-state index contributed by atoms with van der Waals surface area (Å²) in [6.07, 6.45) is 2.19. The van der Waals surface area contributed by atoms with E-state index in [9.17, 15) is 18.4 Å². The van der Waals surface area contributed by atoms with E-state index in [0.29, 0.717) is 41.8 Å². The lowest BCUT2D eigenvalue weighted by Crippen LogP contribution is -2.33. The van der Waals surface area contributed by atoms with Crippen molar-refractivity contribution in [3.63, 3.8) is 0 Å². The highest BCUT2D eigenvalue weighted by Crippen LogP contribution is 2.67. The maximum absolute atomic E-state index is 17.0. The Bertz CT molecular complexity index is 2510. The van der Waals surface area contributed by atoms with Gasteiger partial charge in [-0.1, -0.05) is 25.0 Å². The summed E-state index contributed by atoms with van der Waals surface area (Å²) in [7, 11) is 1.26. The van der Waals surface area contributed by atoms with Gasteiger partial charge in [0, 0.05) is 41.7 Å². The normalized spacial score (nSPS) is 22.6. The van der Waals surface area contributed by atoms with Gasteiger partial charge in [-0.3, -0.25) is 4.90 Å². The van der Waals surface area contributed by atoms with E-state index in [1.807, 2.05) is 6.07 Å². The highest BCUT2D eigenvalue weighted by molar-refractivity contribution is 7.23. The summed E-state index contributed by atoms with van der Waals surface area (Å²) >= 11 is 0.685. The second-order valence-electron chi connectivity index (χ2n) is 15.7. The Kier molecular flexibility index (Phi) is 9.08. The number of thiophene rings is 1. The fourth-order valence-corrected chi connectivity index (χ4v) is 10.2. The monoisotopic (exact) mass is 826 g/mol. The van der Waals surface area contributed by atoms with Crippen LogP contribution < -0.4 is 25.8 Å². The second kappa shape index (κ2) is 13.7. The van der Waals surface area contributed by atoms with Crippen LogP contribution in [0.25, 0.3) is 32.1 Å². The summed E-state index contributed by atoms with van der Waals surface area (Å²) < 4.78 is 115. The van der Waals surface area contributed by atoms with Crippen LogP contribution in [-0.4, -0.2) is 65.2 Å². The molecule has 5 aromatic rings. The topological polar surface area (TPSA) is 139 Å². The minimum absolute atomic E-state index is 0.0269. The number of methoxy groups -OCH3 is 1. The number of anilines is 3. The molecule has 4 N–H and O–H groups in total. The number of hydrogen-bond donors (Lipinski definition) is 2. The van der Waals surface area contributed by atoms with E-state index in [1.54, 1.807) is 17.0 Å². The van der Waals surface area contributed by atoms with Gasteiger partial charge in [0.05, 0.1) is 40.8 Å². The number of alkyl halides is 5. The average molecular weight is 827 g/mol. The van der Waals surface area contributed by atoms with E-state index < -0.39 is 57.6 Å². The molecule has 3 aliphatic heterocycles. The van der Waals surface area contributed by atoms with Crippen LogP contribution in [0.4, 0.5) is 47.4 Å². The van der Waals surface area contributed by atoms with Gasteiger partial charge in [-0.05, 0) is 55.8 Å². The molecular weight excluding hydrogens is 790 g/mol. The fraction of sp³-hybridized carbons (Fsp3) is 0.450. The number of hydrogen-bond acceptors (Lipinski definition) is 11. The van der Waals surface area contributed by atoms with Crippen LogP contribution in [0.15, 0.2) is 30.5 Å². The van der Waals surface area contributed by atoms with Gasteiger partial charge in [0.15, 0.2) is 5.82 Å². The number of nitrogen functional groups attached to an aromatic ring is 2. The molecule has 6 heterocycles. The Morgan fingerprint density at radius 2 is 1.88 bits per heavy atom. The number of pyridine rings is 1. The standard InChI is InChI=1S/C31H24F5N7O2S.C9H13F2N/c1-44-30-41-24-21-25(45-10-9-43(29(21)42-30)18(11-13-4-5-13)14-3-2-8-40-27(14)38)22(31(34,35)36)20(23(24)33)15-6-7-17(32)26-19(15)16(12-37)28(39)46-26;10-9(11)5-8(9)4-7-2-1-3-12(7)6-8/h2-3,6-8,13,18H,4-5,9-11,39H2,1H3,(H2,38,40);7H,1-6H2/t18-;7?,8-/m10/s1. The van der Waals surface area contributed by atoms with Crippen molar-refractivity contribution in [3.05, 3.63) is 58.8 Å². The smallest absolute Gasteiger partial charge is 0.420 e. The third-order valence-electron chi connectivity index (χ3n) is 12.2. The van der Waals surface area contributed by atoms with E-state index >= 15 is 17.6 Å². The van der Waals surface area contributed by atoms with Crippen molar-refractivity contribution in [1.29, 1.82) is 5.26 Å². The van der Waals surface area contributed by atoms with E-state index in [0.717, 1.165) is 44.4 Å². The zero-order chi connectivity index (χ0) is 40.9. The van der Waals surface area contributed by atoms with Gasteiger partial charge >= 0.3 is 12.2 Å². The lowest BCUT2D eigenvalue weighted by Gasteiger charge is -2.33. The molecule has 58 heavy (non-hydrogen) atoms. The third kappa shape index (κ3) is 6.19. The number of rotatable bonds is 6. The number of nitriles is 1. The molecule has 10 rings (SSSR count). The van der Waals surface area contributed by atoms with Crippen molar-refractivity contribution in [2.45, 2.75) is 69.1 Å². The molecule has 2 saturated heterocycles. The number of fused-ring (bicyclic) bond motifs is 2. The maximum atomic E-state index is 17.0. The van der Waals surface area contributed by atoms with Gasteiger partial charge < -0.3 is 25.8 Å². The predicted octanol–water partition coefficient (Wildman–Crippen LogP) is 8.87. The quantitative estimate of drug-likeness (QED) is 0.160. The molecule has 0 radical (unpaired) electrons. The Hall–Kier alpha value is -5.15. The number of ether oxygens (including phenoxy) is 2. The summed E-state index contributed by atoms with van der Waals surface area (Å²) in [4.78, 5) is 16.9. The highest BCUT2D eigenvalue weighted by atomic mass is 32.1. The number of benzene rings is 2. The minimum Gasteiger partial charge on any atom is -0.490 e. The van der Waals surface area contributed by atoms with Crippen molar-refractivity contribution in [3.8, 4) is 29.0 Å². The molecule has 3 atom stereocenters. The van der Waals surface area contributed by atoms with Gasteiger partial charge in [0.25, 0.3) is 5.92 Å². The number of halogens is 7. The molecule has 0 bridgehead atoms. The Morgan fingerprint density at radius 1 is 1.10 bits per heavy atom. The molecule has 0 amide bonds. The first-order chi connectivity index (χ1) is 27.7. The number of aromatic nitrogens is 3. The maximum Gasteiger partial charge on any atom is 0.420 e. The first-order valence-corrected chi connectivity index (χ1v) is 19.8. The van der Waals surface area contributed by atoms with Crippen LogP contribution in [-0.2, 0) is 6.18 Å². The van der Waals surface area contributed by atoms with Crippen LogP contribution in [0.1, 0.15) is 67.7 Å². The molecule has 2 aliphatic carbocycles. The van der Waals surface area contributed by atoms with Crippen LogP contribution in [0.2, 0.25) is 0 Å². The molecule has 4 fully saturated rings. The van der Waals surface area contributed by atoms with Crippen LogP contribution in [0.5, 0.6) is 11.8 Å². The number of nitrogens with two attached hydrogens (primary N) is 2. The fourth-order valence-electron chi connectivity index (χ4n) is 9.21. The van der Waals surface area contributed by atoms with Crippen molar-refractivity contribution >= 4 is 49.0 Å². The van der Waals surface area contributed by atoms with E-state index in [4.69, 9.17) is 20.9 Å². The molecule has 10 nitrogen and oxygen atoms in total. The van der Waals surface area contributed by atoms with Gasteiger partial charge in [-0.2, -0.15) is 28.4 Å². The zero-order valence-electron chi connectivity index (χ0n) is 31.1. The van der Waals surface area contributed by atoms with Gasteiger partial charge in [0.2, 0.25) is 0 Å². The largest absolute Gasteiger partial charge is 0.490 e. The van der Waals surface area contributed by atoms with Crippen molar-refractivity contribution in [1.82, 2.24) is 19.9 Å². The Labute approximate surface area is 331 Å². The molecule has 5 aliphatic rings. The molecule has 2 aromatic carbocycles. The molecule has 304 valence electrons. The van der Waals surface area contributed by atoms with Crippen molar-refractivity contribution < 1.29 is 40.2 Å². The second-order valence-corrected chi connectivity index (χ2v) is 16.8. The lowest BCUT2D eigenvalue weighted by molar-refractivity contribution is -0.138. The minimum atomic E-state index is -5.18. The molecule has 18 heteroatoms. The van der Waals surface area contributed by atoms with Crippen molar-refractivity contribution in [2.75, 3.05) is 49.7 Å². The SMILES string of the molecule is COc1nc2c3c(c(C(F)(F)F)c(-c4ccc(F)c5sc(N)c(C#N)c45)c(F)c3n1)OCCN2[C@H](CC1CC1)c1cccnc1N.FC1(F)C[C@]12CC1CCCN1C2. The highest BCUT2D eigenvalue weighted by Gasteiger charge is 2.74. The van der Waals surface area contributed by atoms with Crippen LogP contribution in [0, 0.1) is 34.3 Å². The van der Waals surface area contributed by atoms with Gasteiger partial charge in [-0.15, -0.1) is 11.3 Å². The predicted molar refractivity (Wildman–Crippen MR) is 204 cm³/mol. The summed E-state index contributed by atoms with van der Waals surface area (Å²) in [5, 5.41) is 9.14. The zero-order valence-corrected chi connectivity index (χ0v) is 31.9. The van der Waals surface area contributed by atoms with Crippen LogP contribution >= 0.6 is 11.3 Å². The first kappa shape index (κ1) is 38.4. The van der Waals surface area contributed by atoms with Crippen molar-refractivity contribution in [2.24, 2.45) is 11.3 Å². The summed E-state index contributed by atoms with van der Waals surface area (Å²) in [6, 6.07) is 6.95. The molecule has 1 spiro atoms. The van der Waals surface area contributed by atoms with E-state index in [2.05, 4.69) is 19.9 Å². The van der Waals surface area contributed by atoms with Crippen LogP contribution in [0.3, 0.4) is 0 Å². The van der Waals surface area contributed by atoms with E-state index in [1.165, 1.54) is 19.7 Å². The summed E-state index contributed by atoms with van der Waals surface area (Å²) in [5.41, 5.74) is 8.75. The Balaban J connectivity index is 0.000000306. The Morgan fingerprint density at radius 3 is 2.53 bits per heavy atom. The summed E-state index contributed by atoms with van der Waals surface area (Å²) in [5.74, 6) is -4.65. The van der Waals surface area contributed by atoms with Gasteiger partial charge in [-0.25, -0.2) is 22.5 Å². The number of nitrogens with zero attached hydrogens (tertiary/aromatic N) is 6.